The van der Waals surface area contributed by atoms with Gasteiger partial charge < -0.3 is 13.9 Å². The van der Waals surface area contributed by atoms with Crippen LogP contribution in [-0.2, 0) is 19.6 Å². The lowest BCUT2D eigenvalue weighted by Crippen LogP contribution is -2.28. The predicted octanol–water partition coefficient (Wildman–Crippen LogP) is 2.04. The van der Waals surface area contributed by atoms with Gasteiger partial charge in [0.05, 0.1) is 19.0 Å². The molecule has 7 heteroatoms. The third-order valence-corrected chi connectivity index (χ3v) is 4.00. The first-order valence-electron chi connectivity index (χ1n) is 7.55. The Bertz CT molecular complexity index is 932. The predicted molar refractivity (Wildman–Crippen MR) is 85.0 cm³/mol. The molecule has 0 atom stereocenters. The van der Waals surface area contributed by atoms with E-state index in [1.807, 2.05) is 18.2 Å². The number of methoxy groups -OCH3 is 1. The van der Waals surface area contributed by atoms with Gasteiger partial charge in [-0.25, -0.2) is 9.78 Å². The molecule has 1 aliphatic heterocycles. The van der Waals surface area contributed by atoms with E-state index in [0.717, 1.165) is 29.0 Å². The summed E-state index contributed by atoms with van der Waals surface area (Å²) in [4.78, 5) is 20.0. The summed E-state index contributed by atoms with van der Waals surface area (Å²) >= 11 is 0. The van der Waals surface area contributed by atoms with Crippen molar-refractivity contribution in [2.45, 2.75) is 19.6 Å². The molecule has 7 nitrogen and oxygen atoms in total. The Morgan fingerprint density at radius 1 is 1.33 bits per heavy atom. The number of aromatic nitrogens is 3. The Hall–Kier alpha value is -3.09. The highest BCUT2D eigenvalue weighted by molar-refractivity contribution is 5.67. The molecule has 3 aromatic rings. The quantitative estimate of drug-likeness (QED) is 0.730. The van der Waals surface area contributed by atoms with E-state index >= 15 is 0 Å². The highest BCUT2D eigenvalue weighted by Crippen LogP contribution is 2.32. The smallest absolute Gasteiger partial charge is 0.351 e. The van der Waals surface area contributed by atoms with Crippen molar-refractivity contribution >= 4 is 0 Å². The third kappa shape index (κ3) is 2.54. The Kier molecular flexibility index (Phi) is 3.53. The Labute approximate surface area is 137 Å². The fourth-order valence-electron chi connectivity index (χ4n) is 2.85. The summed E-state index contributed by atoms with van der Waals surface area (Å²) in [5.41, 5.74) is 2.63. The van der Waals surface area contributed by atoms with Gasteiger partial charge in [0.25, 0.3) is 0 Å². The van der Waals surface area contributed by atoms with Gasteiger partial charge in [-0.05, 0) is 30.2 Å². The monoisotopic (exact) mass is 325 g/mol. The average Bonchev–Trinajstić information content (AvgIpc) is 3.12. The van der Waals surface area contributed by atoms with Gasteiger partial charge in [0.2, 0.25) is 11.8 Å². The van der Waals surface area contributed by atoms with Crippen molar-refractivity contribution in [2.24, 2.45) is 0 Å². The lowest BCUT2D eigenvalue weighted by atomic mass is 9.97. The van der Waals surface area contributed by atoms with Crippen molar-refractivity contribution < 1.29 is 13.9 Å². The molecule has 0 saturated carbocycles. The van der Waals surface area contributed by atoms with Crippen LogP contribution in [0.1, 0.15) is 11.5 Å². The van der Waals surface area contributed by atoms with Crippen molar-refractivity contribution in [1.82, 2.24) is 14.5 Å². The van der Waals surface area contributed by atoms with Gasteiger partial charge in [-0.15, -0.1) is 0 Å². The molecule has 0 unspecified atom stereocenters. The molecule has 3 heterocycles. The molecule has 0 radical (unpaired) electrons. The molecule has 1 aliphatic rings. The molecule has 0 aliphatic carbocycles. The first-order valence-corrected chi connectivity index (χ1v) is 7.55. The Morgan fingerprint density at radius 2 is 2.25 bits per heavy atom. The number of benzene rings is 1. The van der Waals surface area contributed by atoms with Crippen LogP contribution < -0.4 is 15.2 Å². The highest BCUT2D eigenvalue weighted by atomic mass is 16.5. The molecule has 122 valence electrons. The second-order valence-electron chi connectivity index (χ2n) is 5.40. The van der Waals surface area contributed by atoms with Crippen molar-refractivity contribution in [2.75, 3.05) is 7.11 Å². The summed E-state index contributed by atoms with van der Waals surface area (Å²) in [6.07, 6.45) is 3.84. The molecule has 0 bridgehead atoms. The van der Waals surface area contributed by atoms with E-state index in [-0.39, 0.29) is 12.3 Å². The molecule has 2 aromatic heterocycles. The van der Waals surface area contributed by atoms with Crippen LogP contribution in [0.2, 0.25) is 0 Å². The number of nitrogens with zero attached hydrogens (tertiary/aromatic N) is 3. The average molecular weight is 325 g/mol. The molecule has 1 aromatic carbocycles. The van der Waals surface area contributed by atoms with Crippen LogP contribution in [0.4, 0.5) is 0 Å². The zero-order chi connectivity index (χ0) is 16.5. The zero-order valence-corrected chi connectivity index (χ0v) is 13.1. The molecule has 4 rings (SSSR count). The van der Waals surface area contributed by atoms with Crippen molar-refractivity contribution in [3.8, 4) is 22.9 Å². The summed E-state index contributed by atoms with van der Waals surface area (Å²) in [6, 6.07) is 7.59. The van der Waals surface area contributed by atoms with E-state index in [2.05, 4.69) is 9.97 Å². The number of rotatable bonds is 4. The molecule has 0 fully saturated rings. The van der Waals surface area contributed by atoms with Crippen LogP contribution >= 0.6 is 0 Å². The number of oxazole rings is 1. The van der Waals surface area contributed by atoms with Gasteiger partial charge >= 0.3 is 5.69 Å². The normalized spacial score (nSPS) is 12.4. The van der Waals surface area contributed by atoms with E-state index < -0.39 is 0 Å². The maximum Gasteiger partial charge on any atom is 0.351 e. The van der Waals surface area contributed by atoms with Crippen LogP contribution in [0.15, 0.2) is 45.9 Å². The molecule has 0 spiro atoms. The lowest BCUT2D eigenvalue weighted by molar-refractivity contribution is 0.263. The van der Waals surface area contributed by atoms with Crippen molar-refractivity contribution in [3.63, 3.8) is 0 Å². The van der Waals surface area contributed by atoms with Crippen molar-refractivity contribution in [1.29, 1.82) is 0 Å². The van der Waals surface area contributed by atoms with Crippen LogP contribution in [0.3, 0.4) is 0 Å². The topological polar surface area (TPSA) is 79.4 Å². The third-order valence-electron chi connectivity index (χ3n) is 4.00. The number of aryl methyl sites for hydroxylation is 1. The maximum absolute atomic E-state index is 12.1. The van der Waals surface area contributed by atoms with E-state index in [1.165, 1.54) is 13.4 Å². The first-order chi connectivity index (χ1) is 11.7. The molecule has 0 N–H and O–H groups in total. The summed E-state index contributed by atoms with van der Waals surface area (Å²) in [6.45, 7) is 0.862. The Morgan fingerprint density at radius 3 is 3.04 bits per heavy atom. The zero-order valence-electron chi connectivity index (χ0n) is 13.1. The van der Waals surface area contributed by atoms with Crippen molar-refractivity contribution in [3.05, 3.63) is 58.7 Å². The number of hydrogen-bond acceptors (Lipinski definition) is 6. The second kappa shape index (κ2) is 5.84. The molecular formula is C17H15N3O4. The minimum absolute atomic E-state index is 0.277. The Balaban J connectivity index is 1.66. The molecule has 0 amide bonds. The summed E-state index contributed by atoms with van der Waals surface area (Å²) in [5, 5.41) is 0. The molecule has 0 saturated heterocycles. The van der Waals surface area contributed by atoms with Gasteiger partial charge in [-0.3, -0.25) is 4.57 Å². The maximum atomic E-state index is 12.1. The van der Waals surface area contributed by atoms with Crippen LogP contribution in [0.25, 0.3) is 11.3 Å². The minimum Gasteiger partial charge on any atom is -0.484 e. The second-order valence-corrected chi connectivity index (χ2v) is 5.40. The van der Waals surface area contributed by atoms with E-state index in [4.69, 9.17) is 13.9 Å². The van der Waals surface area contributed by atoms with Gasteiger partial charge in [0.15, 0.2) is 6.61 Å². The van der Waals surface area contributed by atoms with E-state index in [9.17, 15) is 4.79 Å². The highest BCUT2D eigenvalue weighted by Gasteiger charge is 2.19. The van der Waals surface area contributed by atoms with Gasteiger partial charge in [-0.2, -0.15) is 4.98 Å². The van der Waals surface area contributed by atoms with Crippen LogP contribution in [0, 0.1) is 0 Å². The summed E-state index contributed by atoms with van der Waals surface area (Å²) in [7, 11) is 1.50. The first kappa shape index (κ1) is 14.5. The van der Waals surface area contributed by atoms with Crippen LogP contribution in [0.5, 0.6) is 11.6 Å². The van der Waals surface area contributed by atoms with Gasteiger partial charge in [-0.1, -0.05) is 0 Å². The number of ether oxygens (including phenoxy) is 2. The van der Waals surface area contributed by atoms with Crippen LogP contribution in [-0.4, -0.2) is 21.6 Å². The van der Waals surface area contributed by atoms with Gasteiger partial charge in [0.1, 0.15) is 12.0 Å². The largest absolute Gasteiger partial charge is 0.484 e. The number of fused-ring (bicyclic) bond motifs is 3. The van der Waals surface area contributed by atoms with E-state index in [0.29, 0.717) is 18.3 Å². The standard InChI is InChI=1S/C17H15N3O4/c1-22-15-9-14-13-3-2-12(24-10-16-18-5-7-23-16)8-11(13)4-6-20(14)17(21)19-15/h2-3,5,7-9H,4,6,10H2,1H3. The summed E-state index contributed by atoms with van der Waals surface area (Å²) < 4.78 is 17.6. The SMILES string of the molecule is COc1cc2n(c(=O)n1)CCc1cc(OCc3ncco3)ccc1-2. The molecular weight excluding hydrogens is 310 g/mol. The summed E-state index contributed by atoms with van der Waals surface area (Å²) in [5.74, 6) is 1.59. The van der Waals surface area contributed by atoms with Gasteiger partial charge in [0, 0.05) is 18.2 Å². The molecule has 24 heavy (non-hydrogen) atoms. The fraction of sp³-hybridized carbons (Fsp3) is 0.235. The van der Waals surface area contributed by atoms with E-state index in [1.54, 1.807) is 16.8 Å². The number of hydrogen-bond donors (Lipinski definition) is 0. The lowest BCUT2D eigenvalue weighted by Gasteiger charge is -2.22. The fourth-order valence-corrected chi connectivity index (χ4v) is 2.85. The minimum atomic E-state index is -0.292.